The summed E-state index contributed by atoms with van der Waals surface area (Å²) in [6.07, 6.45) is 17.8. The van der Waals surface area contributed by atoms with E-state index in [0.29, 0.717) is 10.8 Å². The average Bonchev–Trinajstić information content (AvgIpc) is 3.39. The van der Waals surface area contributed by atoms with Crippen LogP contribution in [0.25, 0.3) is 0 Å². The zero-order valence-corrected chi connectivity index (χ0v) is 16.5. The number of allylic oxidation sites excluding steroid dienone is 1. The average molecular weight is 341 g/mol. The quantitative estimate of drug-likeness (QED) is 0.623. The highest BCUT2D eigenvalue weighted by Gasteiger charge is 2.74. The molecule has 5 unspecified atom stereocenters. The van der Waals surface area contributed by atoms with E-state index >= 15 is 0 Å². The van der Waals surface area contributed by atoms with Crippen molar-refractivity contribution in [3.8, 4) is 0 Å². The van der Waals surface area contributed by atoms with E-state index in [1.165, 1.54) is 64.2 Å². The molecule has 0 saturated heterocycles. The maximum Gasteiger partial charge on any atom is 0.0923 e. The maximum absolute atomic E-state index is 12.4. The van der Waals surface area contributed by atoms with Crippen LogP contribution in [0.3, 0.4) is 0 Å². The highest BCUT2D eigenvalue weighted by Crippen LogP contribution is 2.79. The molecule has 0 aromatic carbocycles. The van der Waals surface area contributed by atoms with E-state index < -0.39 is 5.60 Å². The Kier molecular flexibility index (Phi) is 2.66. The molecule has 6 aliphatic carbocycles. The number of aliphatic hydroxyl groups is 1. The molecule has 0 aliphatic heterocycles. The van der Waals surface area contributed by atoms with Gasteiger partial charge in [-0.2, -0.15) is 0 Å². The second-order valence-electron chi connectivity index (χ2n) is 11.9. The first-order valence-electron chi connectivity index (χ1n) is 11.2. The van der Waals surface area contributed by atoms with Crippen molar-refractivity contribution in [2.45, 2.75) is 97.0 Å². The van der Waals surface area contributed by atoms with Crippen LogP contribution < -0.4 is 0 Å². The number of fused-ring (bicyclic) bond motifs is 7. The Morgan fingerprint density at radius 1 is 0.880 bits per heavy atom. The van der Waals surface area contributed by atoms with Crippen LogP contribution in [-0.2, 0) is 0 Å². The molecule has 0 aromatic heterocycles. The lowest BCUT2D eigenvalue weighted by molar-refractivity contribution is -0.0864. The Hall–Kier alpha value is -0.300. The van der Waals surface area contributed by atoms with E-state index in [-0.39, 0.29) is 10.8 Å². The molecule has 1 nitrogen and oxygen atoms in total. The minimum absolute atomic E-state index is 0.0846. The smallest absolute Gasteiger partial charge is 0.0923 e. The van der Waals surface area contributed by atoms with E-state index in [4.69, 9.17) is 0 Å². The lowest BCUT2D eigenvalue weighted by Crippen LogP contribution is -2.54. The van der Waals surface area contributed by atoms with Crippen molar-refractivity contribution in [2.75, 3.05) is 0 Å². The molecule has 5 saturated carbocycles. The largest absolute Gasteiger partial charge is 0.385 e. The summed E-state index contributed by atoms with van der Waals surface area (Å²) in [7, 11) is 0. The standard InChI is InChI=1S/C24H36O/c1-20(2)18-7-8-21(20,3)24(25,15-18)19-12-17-6-11-23(19,14-17)22-9-4-16(13-22)5-10-22/h12,16-18,25H,4-11,13-15H2,1-3H3. The third kappa shape index (κ3) is 1.45. The van der Waals surface area contributed by atoms with Crippen molar-refractivity contribution in [2.24, 2.45) is 39.4 Å². The van der Waals surface area contributed by atoms with Crippen molar-refractivity contribution in [1.29, 1.82) is 0 Å². The molecular formula is C24H36O. The fraction of sp³-hybridized carbons (Fsp3) is 0.917. The van der Waals surface area contributed by atoms with Crippen molar-refractivity contribution in [3.05, 3.63) is 11.6 Å². The second kappa shape index (κ2) is 4.23. The van der Waals surface area contributed by atoms with Crippen LogP contribution in [0, 0.1) is 39.4 Å². The molecule has 0 spiro atoms. The number of hydrogen-bond acceptors (Lipinski definition) is 1. The van der Waals surface area contributed by atoms with Gasteiger partial charge in [0.1, 0.15) is 0 Å². The van der Waals surface area contributed by atoms with Gasteiger partial charge in [0.2, 0.25) is 0 Å². The molecule has 0 aromatic rings. The molecule has 25 heavy (non-hydrogen) atoms. The Bertz CT molecular complexity index is 666. The summed E-state index contributed by atoms with van der Waals surface area (Å²) in [5.74, 6) is 2.51. The van der Waals surface area contributed by atoms with E-state index in [1.54, 1.807) is 5.57 Å². The highest BCUT2D eigenvalue weighted by atomic mass is 16.3. The molecule has 5 fully saturated rings. The van der Waals surface area contributed by atoms with Crippen LogP contribution >= 0.6 is 0 Å². The molecule has 5 atom stereocenters. The van der Waals surface area contributed by atoms with Crippen LogP contribution in [0.2, 0.25) is 0 Å². The van der Waals surface area contributed by atoms with Crippen LogP contribution in [0.15, 0.2) is 11.6 Å². The zero-order valence-electron chi connectivity index (χ0n) is 16.5. The maximum atomic E-state index is 12.4. The van der Waals surface area contributed by atoms with Crippen molar-refractivity contribution < 1.29 is 5.11 Å². The van der Waals surface area contributed by atoms with Gasteiger partial charge in [0.25, 0.3) is 0 Å². The third-order valence-electron chi connectivity index (χ3n) is 11.6. The summed E-state index contributed by atoms with van der Waals surface area (Å²) in [6, 6.07) is 0. The normalized spacial score (nSPS) is 60.6. The second-order valence-corrected chi connectivity index (χ2v) is 11.9. The first-order valence-corrected chi connectivity index (χ1v) is 11.2. The minimum Gasteiger partial charge on any atom is -0.385 e. The van der Waals surface area contributed by atoms with Gasteiger partial charge in [-0.3, -0.25) is 0 Å². The molecule has 6 rings (SSSR count). The number of hydrogen-bond donors (Lipinski definition) is 1. The van der Waals surface area contributed by atoms with E-state index in [2.05, 4.69) is 26.8 Å². The third-order valence-corrected chi connectivity index (χ3v) is 11.6. The molecule has 0 amide bonds. The van der Waals surface area contributed by atoms with Gasteiger partial charge in [0.05, 0.1) is 5.60 Å². The van der Waals surface area contributed by atoms with Gasteiger partial charge in [-0.05, 0) is 105 Å². The Morgan fingerprint density at radius 3 is 2.16 bits per heavy atom. The predicted molar refractivity (Wildman–Crippen MR) is 101 cm³/mol. The lowest BCUT2D eigenvalue weighted by Gasteiger charge is -2.55. The van der Waals surface area contributed by atoms with E-state index in [9.17, 15) is 5.11 Å². The molecular weight excluding hydrogens is 304 g/mol. The lowest BCUT2D eigenvalue weighted by atomic mass is 9.51. The molecule has 6 bridgehead atoms. The molecule has 0 radical (unpaired) electrons. The van der Waals surface area contributed by atoms with Gasteiger partial charge in [-0.1, -0.05) is 26.8 Å². The Morgan fingerprint density at radius 2 is 1.64 bits per heavy atom. The highest BCUT2D eigenvalue weighted by molar-refractivity contribution is 5.43. The van der Waals surface area contributed by atoms with E-state index in [1.807, 2.05) is 0 Å². The summed E-state index contributed by atoms with van der Waals surface area (Å²) in [6.45, 7) is 7.37. The SMILES string of the molecule is CC1(C)C2CCC1(C)C(O)(C1=CC3CCC1(C14CCC(CC1)C4)C3)C2. The summed E-state index contributed by atoms with van der Waals surface area (Å²) >= 11 is 0. The van der Waals surface area contributed by atoms with Gasteiger partial charge in [0, 0.05) is 10.8 Å². The summed E-state index contributed by atoms with van der Waals surface area (Å²) in [4.78, 5) is 0. The first kappa shape index (κ1) is 15.7. The van der Waals surface area contributed by atoms with Crippen molar-refractivity contribution in [1.82, 2.24) is 0 Å². The fourth-order valence-electron chi connectivity index (χ4n) is 9.71. The molecule has 0 heterocycles. The Labute approximate surface area is 153 Å². The molecule has 6 aliphatic rings. The van der Waals surface area contributed by atoms with Gasteiger partial charge >= 0.3 is 0 Å². The summed E-state index contributed by atoms with van der Waals surface area (Å²) in [5.41, 5.74) is 2.38. The van der Waals surface area contributed by atoms with Crippen LogP contribution in [-0.4, -0.2) is 10.7 Å². The summed E-state index contributed by atoms with van der Waals surface area (Å²) in [5, 5.41) is 12.4. The molecule has 1 N–H and O–H groups in total. The van der Waals surface area contributed by atoms with Gasteiger partial charge in [0.15, 0.2) is 0 Å². The molecule has 138 valence electrons. The van der Waals surface area contributed by atoms with Crippen LogP contribution in [0.5, 0.6) is 0 Å². The van der Waals surface area contributed by atoms with Crippen molar-refractivity contribution >= 4 is 0 Å². The van der Waals surface area contributed by atoms with Gasteiger partial charge in [-0.15, -0.1) is 0 Å². The van der Waals surface area contributed by atoms with Crippen LogP contribution in [0.4, 0.5) is 0 Å². The van der Waals surface area contributed by atoms with E-state index in [0.717, 1.165) is 24.2 Å². The first-order chi connectivity index (χ1) is 11.8. The monoisotopic (exact) mass is 340 g/mol. The predicted octanol–water partition coefficient (Wildman–Crippen LogP) is 5.87. The van der Waals surface area contributed by atoms with Gasteiger partial charge < -0.3 is 5.11 Å². The number of rotatable bonds is 2. The summed E-state index contributed by atoms with van der Waals surface area (Å²) < 4.78 is 0. The van der Waals surface area contributed by atoms with Crippen molar-refractivity contribution in [3.63, 3.8) is 0 Å². The zero-order chi connectivity index (χ0) is 17.3. The molecule has 1 heteroatoms. The fourth-order valence-corrected chi connectivity index (χ4v) is 9.71. The minimum atomic E-state index is -0.510. The van der Waals surface area contributed by atoms with Gasteiger partial charge in [-0.25, -0.2) is 0 Å². The topological polar surface area (TPSA) is 20.2 Å². The van der Waals surface area contributed by atoms with Crippen LogP contribution in [0.1, 0.15) is 91.4 Å². The Balaban J connectivity index is 1.50.